The predicted octanol–water partition coefficient (Wildman–Crippen LogP) is 4.46. The molecule has 3 rings (SSSR count). The van der Waals surface area contributed by atoms with Crippen LogP contribution in [0.5, 0.6) is 0 Å². The van der Waals surface area contributed by atoms with Gasteiger partial charge in [0.1, 0.15) is 0 Å². The summed E-state index contributed by atoms with van der Waals surface area (Å²) in [5, 5.41) is 0. The zero-order valence-corrected chi connectivity index (χ0v) is 11.9. The molecule has 0 saturated carbocycles. The van der Waals surface area contributed by atoms with Gasteiger partial charge >= 0.3 is 0 Å². The fraction of sp³-hybridized carbons (Fsp3) is 0.158. The van der Waals surface area contributed by atoms with E-state index in [1.165, 1.54) is 0 Å². The van der Waals surface area contributed by atoms with Crippen LogP contribution >= 0.6 is 0 Å². The van der Waals surface area contributed by atoms with Gasteiger partial charge in [-0.25, -0.2) is 0 Å². The molecule has 104 valence electrons. The van der Waals surface area contributed by atoms with Crippen molar-refractivity contribution in [1.82, 2.24) is 0 Å². The van der Waals surface area contributed by atoms with Gasteiger partial charge in [-0.1, -0.05) is 54.6 Å². The van der Waals surface area contributed by atoms with E-state index in [-0.39, 0.29) is 11.6 Å². The van der Waals surface area contributed by atoms with E-state index in [9.17, 15) is 9.59 Å². The van der Waals surface area contributed by atoms with Crippen LogP contribution in [0.3, 0.4) is 0 Å². The Bertz CT molecular complexity index is 754. The van der Waals surface area contributed by atoms with Crippen LogP contribution < -0.4 is 0 Å². The van der Waals surface area contributed by atoms with Gasteiger partial charge < -0.3 is 0 Å². The summed E-state index contributed by atoms with van der Waals surface area (Å²) in [6.45, 7) is 1.85. The maximum absolute atomic E-state index is 12.7. The highest BCUT2D eigenvalue weighted by Crippen LogP contribution is 2.32. The van der Waals surface area contributed by atoms with Gasteiger partial charge in [0.05, 0.1) is 0 Å². The van der Waals surface area contributed by atoms with E-state index in [0.29, 0.717) is 29.5 Å². The summed E-state index contributed by atoms with van der Waals surface area (Å²) in [6.07, 6.45) is 2.69. The Hall–Kier alpha value is -2.48. The number of hydrogen-bond donors (Lipinski definition) is 0. The minimum absolute atomic E-state index is 0.0256. The molecule has 1 aliphatic carbocycles. The van der Waals surface area contributed by atoms with Crippen LogP contribution in [0.25, 0.3) is 11.1 Å². The van der Waals surface area contributed by atoms with E-state index < -0.39 is 0 Å². The number of hydrogen-bond acceptors (Lipinski definition) is 2. The standard InChI is InChI=1S/C19H16O2/c1-2-13-11-12-18(20)16-9-5-3-7-14(16)15-8-4-6-10-17(15)19(13)21/h2-10H,11-12H2,1H3/b13-2+. The average Bonchev–Trinajstić information content (AvgIpc) is 2.58. The van der Waals surface area contributed by atoms with E-state index in [1.807, 2.05) is 61.5 Å². The topological polar surface area (TPSA) is 34.1 Å². The zero-order valence-electron chi connectivity index (χ0n) is 11.9. The molecule has 0 fully saturated rings. The van der Waals surface area contributed by atoms with Gasteiger partial charge in [-0.05, 0) is 30.0 Å². The number of allylic oxidation sites excluding steroid dienone is 2. The van der Waals surface area contributed by atoms with Crippen molar-refractivity contribution in [1.29, 1.82) is 0 Å². The summed E-state index contributed by atoms with van der Waals surface area (Å²) in [5.41, 5.74) is 3.78. The number of rotatable bonds is 0. The molecule has 0 spiro atoms. The smallest absolute Gasteiger partial charge is 0.189 e. The highest BCUT2D eigenvalue weighted by molar-refractivity contribution is 6.15. The number of fused-ring (bicyclic) bond motifs is 3. The van der Waals surface area contributed by atoms with Gasteiger partial charge in [0.2, 0.25) is 0 Å². The van der Waals surface area contributed by atoms with E-state index in [2.05, 4.69) is 0 Å². The van der Waals surface area contributed by atoms with Crippen LogP contribution in [0.4, 0.5) is 0 Å². The first-order valence-electron chi connectivity index (χ1n) is 7.14. The molecule has 0 N–H and O–H groups in total. The fourth-order valence-corrected chi connectivity index (χ4v) is 2.82. The van der Waals surface area contributed by atoms with Crippen molar-refractivity contribution in [2.45, 2.75) is 19.8 Å². The first-order chi connectivity index (χ1) is 10.2. The van der Waals surface area contributed by atoms with Crippen LogP contribution in [-0.4, -0.2) is 11.6 Å². The zero-order chi connectivity index (χ0) is 14.8. The number of carbonyl (C=O) groups is 2. The maximum atomic E-state index is 12.7. The lowest BCUT2D eigenvalue weighted by Gasteiger charge is -2.10. The maximum Gasteiger partial charge on any atom is 0.189 e. The highest BCUT2D eigenvalue weighted by atomic mass is 16.1. The molecule has 0 amide bonds. The Balaban J connectivity index is 2.32. The lowest BCUT2D eigenvalue weighted by molar-refractivity contribution is 0.0981. The molecule has 0 atom stereocenters. The SMILES string of the molecule is C/C=C1\CCC(=O)c2ccccc2-c2ccccc2C1=O. The van der Waals surface area contributed by atoms with Crippen molar-refractivity contribution in [3.05, 3.63) is 71.3 Å². The second-order valence-electron chi connectivity index (χ2n) is 5.16. The summed E-state index contributed by atoms with van der Waals surface area (Å²) in [7, 11) is 0. The summed E-state index contributed by atoms with van der Waals surface area (Å²) in [6, 6.07) is 15.1. The van der Waals surface area contributed by atoms with Gasteiger partial charge in [0.25, 0.3) is 0 Å². The molecule has 0 bridgehead atoms. The third kappa shape index (κ3) is 2.33. The number of carbonyl (C=O) groups excluding carboxylic acids is 2. The van der Waals surface area contributed by atoms with E-state index >= 15 is 0 Å². The first-order valence-corrected chi connectivity index (χ1v) is 7.14. The van der Waals surface area contributed by atoms with Gasteiger partial charge in [-0.3, -0.25) is 9.59 Å². The molecule has 21 heavy (non-hydrogen) atoms. The van der Waals surface area contributed by atoms with Gasteiger partial charge in [0, 0.05) is 17.5 Å². The predicted molar refractivity (Wildman–Crippen MR) is 83.5 cm³/mol. The van der Waals surface area contributed by atoms with E-state index in [0.717, 1.165) is 11.1 Å². The highest BCUT2D eigenvalue weighted by Gasteiger charge is 2.22. The van der Waals surface area contributed by atoms with Gasteiger partial charge in [0.15, 0.2) is 11.6 Å². The normalized spacial score (nSPS) is 16.7. The van der Waals surface area contributed by atoms with E-state index in [1.54, 1.807) is 0 Å². The van der Waals surface area contributed by atoms with Crippen LogP contribution in [-0.2, 0) is 0 Å². The molecule has 0 heterocycles. The van der Waals surface area contributed by atoms with Crippen molar-refractivity contribution in [3.8, 4) is 11.1 Å². The fourth-order valence-electron chi connectivity index (χ4n) is 2.82. The molecule has 2 heteroatoms. The van der Waals surface area contributed by atoms with Crippen molar-refractivity contribution < 1.29 is 9.59 Å². The lowest BCUT2D eigenvalue weighted by atomic mass is 9.92. The summed E-state index contributed by atoms with van der Waals surface area (Å²) >= 11 is 0. The minimum Gasteiger partial charge on any atom is -0.294 e. The Morgan fingerprint density at radius 2 is 1.29 bits per heavy atom. The molecule has 0 saturated heterocycles. The number of ketones is 2. The molecule has 0 aliphatic heterocycles. The second-order valence-corrected chi connectivity index (χ2v) is 5.16. The average molecular weight is 276 g/mol. The Morgan fingerprint density at radius 1 is 0.762 bits per heavy atom. The summed E-state index contributed by atoms with van der Waals surface area (Å²) in [5.74, 6) is 0.118. The number of Topliss-reactive ketones (excluding diaryl/α,β-unsaturated/α-hetero) is 2. The summed E-state index contributed by atoms with van der Waals surface area (Å²) in [4.78, 5) is 25.2. The molecular weight excluding hydrogens is 260 g/mol. The van der Waals surface area contributed by atoms with Crippen LogP contribution in [0.1, 0.15) is 40.5 Å². The molecule has 0 unspecified atom stereocenters. The quantitative estimate of drug-likeness (QED) is 0.666. The second kappa shape index (κ2) is 5.49. The molecule has 2 aromatic rings. The summed E-state index contributed by atoms with van der Waals surface area (Å²) < 4.78 is 0. The molecule has 0 aromatic heterocycles. The van der Waals surface area contributed by atoms with Crippen molar-refractivity contribution in [2.75, 3.05) is 0 Å². The number of benzene rings is 2. The van der Waals surface area contributed by atoms with Crippen LogP contribution in [0, 0.1) is 0 Å². The largest absolute Gasteiger partial charge is 0.294 e. The molecule has 2 nitrogen and oxygen atoms in total. The Labute approximate surface area is 124 Å². The Morgan fingerprint density at radius 3 is 1.90 bits per heavy atom. The van der Waals surface area contributed by atoms with Crippen LogP contribution in [0.15, 0.2) is 60.2 Å². The monoisotopic (exact) mass is 276 g/mol. The first kappa shape index (κ1) is 13.5. The van der Waals surface area contributed by atoms with Gasteiger partial charge in [-0.15, -0.1) is 0 Å². The van der Waals surface area contributed by atoms with E-state index in [4.69, 9.17) is 0 Å². The third-order valence-corrected chi connectivity index (χ3v) is 3.95. The third-order valence-electron chi connectivity index (χ3n) is 3.95. The van der Waals surface area contributed by atoms with Crippen LogP contribution in [0.2, 0.25) is 0 Å². The molecule has 2 aromatic carbocycles. The van der Waals surface area contributed by atoms with Crippen molar-refractivity contribution >= 4 is 11.6 Å². The molecular formula is C19H16O2. The lowest BCUT2D eigenvalue weighted by Crippen LogP contribution is -2.05. The van der Waals surface area contributed by atoms with Crippen molar-refractivity contribution in [3.63, 3.8) is 0 Å². The Kier molecular flexibility index (Phi) is 3.53. The van der Waals surface area contributed by atoms with Gasteiger partial charge in [-0.2, -0.15) is 0 Å². The minimum atomic E-state index is 0.0256. The molecule has 0 radical (unpaired) electrons. The van der Waals surface area contributed by atoms with Crippen molar-refractivity contribution in [2.24, 2.45) is 0 Å². The molecule has 1 aliphatic rings.